The van der Waals surface area contributed by atoms with Crippen LogP contribution in [0.4, 0.5) is 16.3 Å². The average Bonchev–Trinajstić information content (AvgIpc) is 3.47. The zero-order valence-corrected chi connectivity index (χ0v) is 37.1. The van der Waals surface area contributed by atoms with E-state index >= 15 is 0 Å². The molecule has 0 spiro atoms. The molecule has 2 heterocycles. The largest absolute Gasteiger partial charge is 0.496 e. The Balaban J connectivity index is 0.00000870. The number of amides is 1. The van der Waals surface area contributed by atoms with E-state index in [1.807, 2.05) is 92.5 Å². The molecular formula is C41H60N6O8S2. The van der Waals surface area contributed by atoms with Crippen molar-refractivity contribution in [3.8, 4) is 5.75 Å². The van der Waals surface area contributed by atoms with Gasteiger partial charge in [0, 0.05) is 37.6 Å². The molecule has 1 N–H and O–H groups in total. The molecule has 0 saturated carbocycles. The van der Waals surface area contributed by atoms with Gasteiger partial charge in [0.05, 0.1) is 29.6 Å². The van der Waals surface area contributed by atoms with Crippen molar-refractivity contribution in [1.82, 2.24) is 23.7 Å². The van der Waals surface area contributed by atoms with E-state index in [0.29, 0.717) is 54.1 Å². The highest BCUT2D eigenvalue weighted by Gasteiger charge is 2.31. The lowest BCUT2D eigenvalue weighted by Gasteiger charge is -2.32. The number of rotatable bonds is 15. The standard InChI is InChI=1S/C41H58N6O8S.H2S/c1-39(2,3)53-26-32(37(48)54-40(4,5)6)46(11)24-29-23-30(20-21-33(29)52-12)44-35-34-28(17-16-22-45(10)38(49)55-41(7,8)9)25-47(36(34)43-27-42-35)56(50,51)31-18-14-13-15-19-31;/h13-15,18-21,23,25,27,32H,16-17,22,24,26H2,1-12H3,(H,42,43,44);1H2. The monoisotopic (exact) mass is 828 g/mol. The molecule has 57 heavy (non-hydrogen) atoms. The minimum atomic E-state index is -4.04. The summed E-state index contributed by atoms with van der Waals surface area (Å²) in [6.07, 6.45) is 3.36. The third-order valence-corrected chi connectivity index (χ3v) is 10.1. The summed E-state index contributed by atoms with van der Waals surface area (Å²) in [5.74, 6) is 0.590. The van der Waals surface area contributed by atoms with E-state index in [9.17, 15) is 18.0 Å². The Morgan fingerprint density at radius 1 is 0.877 bits per heavy atom. The van der Waals surface area contributed by atoms with Crippen LogP contribution in [0.3, 0.4) is 0 Å². The fraction of sp³-hybridized carbons (Fsp3) is 0.512. The number of nitrogens with zero attached hydrogens (tertiary/aromatic N) is 5. The molecule has 314 valence electrons. The van der Waals surface area contributed by atoms with Crippen LogP contribution in [0.5, 0.6) is 5.75 Å². The van der Waals surface area contributed by atoms with Crippen LogP contribution in [-0.2, 0) is 42.0 Å². The lowest BCUT2D eigenvalue weighted by Crippen LogP contribution is -2.46. The van der Waals surface area contributed by atoms with Gasteiger partial charge in [0.15, 0.2) is 5.65 Å². The molecule has 0 aliphatic carbocycles. The number of carbonyl (C=O) groups excluding carboxylic acids is 2. The number of aromatic nitrogens is 3. The number of hydrogen-bond acceptors (Lipinski definition) is 12. The summed E-state index contributed by atoms with van der Waals surface area (Å²) in [5.41, 5.74) is 0.487. The maximum absolute atomic E-state index is 14.0. The van der Waals surface area contributed by atoms with Gasteiger partial charge >= 0.3 is 12.1 Å². The first-order valence-corrected chi connectivity index (χ1v) is 20.0. The Labute approximate surface area is 344 Å². The van der Waals surface area contributed by atoms with Gasteiger partial charge in [0.1, 0.15) is 35.1 Å². The van der Waals surface area contributed by atoms with Gasteiger partial charge in [-0.3, -0.25) is 9.69 Å². The topological polar surface area (TPSA) is 154 Å². The second kappa shape index (κ2) is 18.9. The zero-order chi connectivity index (χ0) is 41.6. The highest BCUT2D eigenvalue weighted by molar-refractivity contribution is 7.90. The summed E-state index contributed by atoms with van der Waals surface area (Å²) in [6, 6.07) is 13.0. The SMILES string of the molecule is COc1ccc(Nc2ncnc3c2c(CCCN(C)C(=O)OC(C)(C)C)cn3S(=O)(=O)c2ccccc2)cc1CN(C)C(COC(C)(C)C)C(=O)OC(C)(C)C.S. The molecule has 0 radical (unpaired) electrons. The van der Waals surface area contributed by atoms with Crippen LogP contribution in [0.15, 0.2) is 66.0 Å². The van der Waals surface area contributed by atoms with Crippen LogP contribution < -0.4 is 10.1 Å². The van der Waals surface area contributed by atoms with Crippen LogP contribution in [0.2, 0.25) is 0 Å². The number of hydrogen-bond donors (Lipinski definition) is 1. The summed E-state index contributed by atoms with van der Waals surface area (Å²) < 4.78 is 52.2. The maximum atomic E-state index is 14.0. The molecule has 0 fully saturated rings. The Bertz CT molecular complexity index is 2090. The highest BCUT2D eigenvalue weighted by atomic mass is 32.2. The summed E-state index contributed by atoms with van der Waals surface area (Å²) in [7, 11) is 1.04. The van der Waals surface area contributed by atoms with E-state index in [1.54, 1.807) is 38.6 Å². The molecule has 2 aromatic heterocycles. The molecule has 1 amide bonds. The number of anilines is 2. The molecule has 1 atom stereocenters. The molecule has 14 nitrogen and oxygen atoms in total. The molecule has 4 rings (SSSR count). The first-order valence-electron chi connectivity index (χ1n) is 18.6. The number of aryl methyl sites for hydroxylation is 1. The predicted molar refractivity (Wildman–Crippen MR) is 227 cm³/mol. The molecule has 0 aliphatic heterocycles. The van der Waals surface area contributed by atoms with Crippen molar-refractivity contribution < 1.29 is 37.0 Å². The molecular weight excluding hydrogens is 769 g/mol. The van der Waals surface area contributed by atoms with Crippen LogP contribution in [-0.4, -0.2) is 101 Å². The van der Waals surface area contributed by atoms with Gasteiger partial charge in [0.25, 0.3) is 10.0 Å². The number of likely N-dealkylation sites (N-methyl/N-ethyl adjacent to an activating group) is 1. The predicted octanol–water partition coefficient (Wildman–Crippen LogP) is 7.29. The number of methoxy groups -OCH3 is 1. The van der Waals surface area contributed by atoms with E-state index in [0.717, 1.165) is 5.56 Å². The van der Waals surface area contributed by atoms with Gasteiger partial charge in [-0.1, -0.05) is 18.2 Å². The van der Waals surface area contributed by atoms with Crippen molar-refractivity contribution in [2.45, 2.75) is 109 Å². The number of fused-ring (bicyclic) bond motifs is 1. The summed E-state index contributed by atoms with van der Waals surface area (Å²) >= 11 is 0. The van der Waals surface area contributed by atoms with Crippen molar-refractivity contribution >= 4 is 58.1 Å². The average molecular weight is 829 g/mol. The van der Waals surface area contributed by atoms with Gasteiger partial charge < -0.3 is 29.2 Å². The van der Waals surface area contributed by atoms with Crippen molar-refractivity contribution in [2.75, 3.05) is 39.7 Å². The third-order valence-electron chi connectivity index (χ3n) is 8.42. The molecule has 0 saturated heterocycles. The summed E-state index contributed by atoms with van der Waals surface area (Å²) in [5, 5.41) is 3.91. The molecule has 0 aliphatic rings. The van der Waals surface area contributed by atoms with Gasteiger partial charge in [-0.25, -0.2) is 27.2 Å². The van der Waals surface area contributed by atoms with Crippen molar-refractivity contribution in [3.05, 3.63) is 72.2 Å². The second-order valence-electron chi connectivity index (χ2n) is 16.7. The van der Waals surface area contributed by atoms with Gasteiger partial charge in [-0.15, -0.1) is 0 Å². The van der Waals surface area contributed by atoms with E-state index in [-0.39, 0.29) is 30.6 Å². The number of ether oxygens (including phenoxy) is 4. The molecule has 16 heteroatoms. The van der Waals surface area contributed by atoms with Crippen molar-refractivity contribution in [3.63, 3.8) is 0 Å². The molecule has 0 bridgehead atoms. The minimum absolute atomic E-state index is 0. The molecule has 4 aromatic rings. The van der Waals surface area contributed by atoms with E-state index < -0.39 is 44.9 Å². The van der Waals surface area contributed by atoms with E-state index in [2.05, 4.69) is 15.3 Å². The lowest BCUT2D eigenvalue weighted by atomic mass is 10.1. The first kappa shape index (κ1) is 47.0. The normalized spacial score (nSPS) is 12.9. The van der Waals surface area contributed by atoms with Crippen molar-refractivity contribution in [2.24, 2.45) is 0 Å². The first-order chi connectivity index (χ1) is 26.0. The second-order valence-corrected chi connectivity index (χ2v) is 18.5. The van der Waals surface area contributed by atoms with E-state index in [4.69, 9.17) is 18.9 Å². The quantitative estimate of drug-likeness (QED) is 0.120. The van der Waals surface area contributed by atoms with Crippen LogP contribution in [0.25, 0.3) is 11.0 Å². The number of nitrogens with one attached hydrogen (secondary N) is 1. The number of benzene rings is 2. The number of carbonyl (C=O) groups is 2. The Hall–Kier alpha value is -4.38. The zero-order valence-electron chi connectivity index (χ0n) is 35.3. The smallest absolute Gasteiger partial charge is 0.410 e. The Morgan fingerprint density at radius 3 is 2.12 bits per heavy atom. The van der Waals surface area contributed by atoms with Crippen LogP contribution in [0, 0.1) is 0 Å². The summed E-state index contributed by atoms with van der Waals surface area (Å²) in [4.78, 5) is 38.6. The fourth-order valence-corrected chi connectivity index (χ4v) is 7.15. The van der Waals surface area contributed by atoms with Gasteiger partial charge in [0.2, 0.25) is 0 Å². The molecule has 1 unspecified atom stereocenters. The summed E-state index contributed by atoms with van der Waals surface area (Å²) in [6.45, 7) is 17.5. The number of esters is 1. The Kier molecular flexibility index (Phi) is 15.6. The Morgan fingerprint density at radius 2 is 1.53 bits per heavy atom. The fourth-order valence-electron chi connectivity index (χ4n) is 5.79. The van der Waals surface area contributed by atoms with Crippen LogP contribution in [0.1, 0.15) is 79.9 Å². The maximum Gasteiger partial charge on any atom is 0.410 e. The van der Waals surface area contributed by atoms with Crippen molar-refractivity contribution in [1.29, 1.82) is 0 Å². The lowest BCUT2D eigenvalue weighted by molar-refractivity contribution is -0.165. The third kappa shape index (κ3) is 13.1. The van der Waals surface area contributed by atoms with E-state index in [1.165, 1.54) is 27.3 Å². The van der Waals surface area contributed by atoms with Gasteiger partial charge in [-0.05, 0) is 118 Å². The minimum Gasteiger partial charge on any atom is -0.496 e. The molecule has 2 aromatic carbocycles. The van der Waals surface area contributed by atoms with Crippen LogP contribution >= 0.6 is 13.5 Å². The highest BCUT2D eigenvalue weighted by Crippen LogP contribution is 2.33. The van der Waals surface area contributed by atoms with Gasteiger partial charge in [-0.2, -0.15) is 13.5 Å².